The van der Waals surface area contributed by atoms with Gasteiger partial charge in [-0.05, 0) is 41.1 Å². The number of carbonyl (C=O) groups excluding carboxylic acids is 2. The van der Waals surface area contributed by atoms with Crippen molar-refractivity contribution in [1.82, 2.24) is 10.2 Å². The highest BCUT2D eigenvalue weighted by Gasteiger charge is 2.38. The maximum Gasteiger partial charge on any atom is 0.246 e. The molecule has 0 bridgehead atoms. The Balaban J connectivity index is 1.71. The van der Waals surface area contributed by atoms with Crippen molar-refractivity contribution >= 4 is 23.2 Å². The zero-order valence-electron chi connectivity index (χ0n) is 11.5. The van der Waals surface area contributed by atoms with Crippen LogP contribution in [0.15, 0.2) is 16.8 Å². The van der Waals surface area contributed by atoms with Crippen LogP contribution >= 0.6 is 11.3 Å². The van der Waals surface area contributed by atoms with E-state index < -0.39 is 0 Å². The molecule has 2 amide bonds. The number of piperazine rings is 1. The maximum absolute atomic E-state index is 12.6. The normalized spacial score (nSPS) is 24.8. The van der Waals surface area contributed by atoms with Crippen LogP contribution in [0, 0.1) is 5.92 Å². The van der Waals surface area contributed by atoms with E-state index in [1.807, 2.05) is 16.8 Å². The Morgan fingerprint density at radius 1 is 1.25 bits per heavy atom. The van der Waals surface area contributed by atoms with Gasteiger partial charge in [0.05, 0.1) is 6.54 Å². The van der Waals surface area contributed by atoms with E-state index in [1.165, 1.54) is 19.3 Å². The van der Waals surface area contributed by atoms with Gasteiger partial charge in [0.2, 0.25) is 11.8 Å². The number of thiophene rings is 1. The van der Waals surface area contributed by atoms with Crippen molar-refractivity contribution in [1.29, 1.82) is 0 Å². The van der Waals surface area contributed by atoms with Crippen LogP contribution in [0.5, 0.6) is 0 Å². The van der Waals surface area contributed by atoms with Crippen molar-refractivity contribution in [2.24, 2.45) is 5.92 Å². The molecular formula is C15H20N2O2S. The van der Waals surface area contributed by atoms with Crippen molar-refractivity contribution < 1.29 is 9.59 Å². The third-order valence-corrected chi connectivity index (χ3v) is 5.04. The molecule has 108 valence electrons. The molecule has 1 saturated heterocycles. The number of carbonyl (C=O) groups is 2. The van der Waals surface area contributed by atoms with Crippen LogP contribution in [0.4, 0.5) is 0 Å². The molecule has 0 spiro atoms. The first-order chi connectivity index (χ1) is 9.74. The molecule has 1 aromatic rings. The zero-order chi connectivity index (χ0) is 13.9. The minimum absolute atomic E-state index is 0.0181. The molecule has 2 heterocycles. The summed E-state index contributed by atoms with van der Waals surface area (Å²) in [7, 11) is 0. The van der Waals surface area contributed by atoms with Crippen molar-refractivity contribution in [3.63, 3.8) is 0 Å². The van der Waals surface area contributed by atoms with Gasteiger partial charge in [0.1, 0.15) is 6.04 Å². The molecule has 1 unspecified atom stereocenters. The van der Waals surface area contributed by atoms with E-state index in [4.69, 9.17) is 0 Å². The van der Waals surface area contributed by atoms with Gasteiger partial charge >= 0.3 is 0 Å². The van der Waals surface area contributed by atoms with E-state index in [-0.39, 0.29) is 24.4 Å². The summed E-state index contributed by atoms with van der Waals surface area (Å²) < 4.78 is 0. The summed E-state index contributed by atoms with van der Waals surface area (Å²) in [6.45, 7) is 0.747. The Kier molecular flexibility index (Phi) is 4.05. The molecule has 1 atom stereocenters. The Hall–Kier alpha value is -1.36. The van der Waals surface area contributed by atoms with Crippen LogP contribution in [0.3, 0.4) is 0 Å². The van der Waals surface area contributed by atoms with Gasteiger partial charge in [-0.25, -0.2) is 0 Å². The number of nitrogens with one attached hydrogen (secondary N) is 1. The van der Waals surface area contributed by atoms with Crippen LogP contribution in [0.25, 0.3) is 0 Å². The lowest BCUT2D eigenvalue weighted by atomic mass is 9.82. The second-order valence-corrected chi connectivity index (χ2v) is 6.55. The highest BCUT2D eigenvalue weighted by Crippen LogP contribution is 2.28. The van der Waals surface area contributed by atoms with E-state index in [9.17, 15) is 9.59 Å². The summed E-state index contributed by atoms with van der Waals surface area (Å²) in [6, 6.07) is 1.72. The molecule has 1 N–H and O–H groups in total. The van der Waals surface area contributed by atoms with Crippen molar-refractivity contribution in [2.75, 3.05) is 6.54 Å². The smallest absolute Gasteiger partial charge is 0.246 e. The number of hydrogen-bond donors (Lipinski definition) is 1. The van der Waals surface area contributed by atoms with Crippen LogP contribution in [-0.4, -0.2) is 29.3 Å². The summed E-state index contributed by atoms with van der Waals surface area (Å²) in [5.41, 5.74) is 1.11. The molecule has 4 nitrogen and oxygen atoms in total. The van der Waals surface area contributed by atoms with Crippen LogP contribution in [0.1, 0.15) is 37.7 Å². The van der Waals surface area contributed by atoms with Gasteiger partial charge in [0, 0.05) is 6.54 Å². The predicted octanol–water partition coefficient (Wildman–Crippen LogP) is 2.16. The second kappa shape index (κ2) is 5.95. The number of amides is 2. The first-order valence-electron chi connectivity index (χ1n) is 7.33. The Labute approximate surface area is 123 Å². The molecule has 1 aromatic heterocycles. The standard InChI is InChI=1S/C15H20N2O2S/c18-13-9-17(8-11-6-7-20-10-11)15(19)14(16-13)12-4-2-1-3-5-12/h6-7,10,12,14H,1-5,8-9H2,(H,16,18). The minimum atomic E-state index is -0.296. The van der Waals surface area contributed by atoms with E-state index in [2.05, 4.69) is 5.32 Å². The molecule has 1 saturated carbocycles. The van der Waals surface area contributed by atoms with Crippen molar-refractivity contribution in [3.8, 4) is 0 Å². The fourth-order valence-electron chi connectivity index (χ4n) is 3.25. The minimum Gasteiger partial charge on any atom is -0.342 e. The van der Waals surface area contributed by atoms with E-state index in [0.717, 1.165) is 18.4 Å². The summed E-state index contributed by atoms with van der Waals surface area (Å²) in [6.07, 6.45) is 5.72. The second-order valence-electron chi connectivity index (χ2n) is 5.77. The summed E-state index contributed by atoms with van der Waals surface area (Å²) in [5, 5.41) is 6.96. The third kappa shape index (κ3) is 2.87. The van der Waals surface area contributed by atoms with E-state index >= 15 is 0 Å². The van der Waals surface area contributed by atoms with Gasteiger partial charge in [-0.15, -0.1) is 0 Å². The van der Waals surface area contributed by atoms with Gasteiger partial charge < -0.3 is 10.2 Å². The molecular weight excluding hydrogens is 272 g/mol. The van der Waals surface area contributed by atoms with Gasteiger partial charge in [-0.1, -0.05) is 19.3 Å². The van der Waals surface area contributed by atoms with Crippen LogP contribution in [-0.2, 0) is 16.1 Å². The first kappa shape index (κ1) is 13.6. The average molecular weight is 292 g/mol. The Morgan fingerprint density at radius 3 is 2.75 bits per heavy atom. The Morgan fingerprint density at radius 2 is 2.05 bits per heavy atom. The van der Waals surface area contributed by atoms with Crippen molar-refractivity contribution in [3.05, 3.63) is 22.4 Å². The monoisotopic (exact) mass is 292 g/mol. The van der Waals surface area contributed by atoms with Gasteiger partial charge in [0.15, 0.2) is 0 Å². The van der Waals surface area contributed by atoms with Gasteiger partial charge in [-0.2, -0.15) is 11.3 Å². The van der Waals surface area contributed by atoms with Crippen molar-refractivity contribution in [2.45, 2.75) is 44.7 Å². The van der Waals surface area contributed by atoms with Gasteiger partial charge in [-0.3, -0.25) is 9.59 Å². The largest absolute Gasteiger partial charge is 0.342 e. The van der Waals surface area contributed by atoms with Gasteiger partial charge in [0.25, 0.3) is 0 Å². The van der Waals surface area contributed by atoms with E-state index in [1.54, 1.807) is 16.2 Å². The highest BCUT2D eigenvalue weighted by molar-refractivity contribution is 7.07. The first-order valence-corrected chi connectivity index (χ1v) is 8.27. The quantitative estimate of drug-likeness (QED) is 0.928. The number of nitrogens with zero attached hydrogens (tertiary/aromatic N) is 1. The average Bonchev–Trinajstić information content (AvgIpc) is 2.96. The van der Waals surface area contributed by atoms with Crippen LogP contribution in [0.2, 0.25) is 0 Å². The van der Waals surface area contributed by atoms with E-state index in [0.29, 0.717) is 12.5 Å². The fraction of sp³-hybridized carbons (Fsp3) is 0.600. The highest BCUT2D eigenvalue weighted by atomic mass is 32.1. The predicted molar refractivity (Wildman–Crippen MR) is 78.2 cm³/mol. The van der Waals surface area contributed by atoms with Crippen LogP contribution < -0.4 is 5.32 Å². The lowest BCUT2D eigenvalue weighted by molar-refractivity contribution is -0.146. The summed E-state index contributed by atoms with van der Waals surface area (Å²) >= 11 is 1.62. The molecule has 0 aromatic carbocycles. The topological polar surface area (TPSA) is 49.4 Å². The maximum atomic E-state index is 12.6. The third-order valence-electron chi connectivity index (χ3n) is 4.30. The summed E-state index contributed by atoms with van der Waals surface area (Å²) in [4.78, 5) is 26.2. The number of rotatable bonds is 3. The summed E-state index contributed by atoms with van der Waals surface area (Å²) in [5.74, 6) is 0.406. The molecule has 1 aliphatic heterocycles. The zero-order valence-corrected chi connectivity index (χ0v) is 12.3. The fourth-order valence-corrected chi connectivity index (χ4v) is 3.91. The molecule has 5 heteroatoms. The Bertz CT molecular complexity index is 480. The lowest BCUT2D eigenvalue weighted by Crippen LogP contribution is -2.60. The SMILES string of the molecule is O=C1CN(Cc2ccsc2)C(=O)C(C2CCCCC2)N1. The molecule has 20 heavy (non-hydrogen) atoms. The molecule has 1 aliphatic carbocycles. The molecule has 0 radical (unpaired) electrons. The number of hydrogen-bond acceptors (Lipinski definition) is 3. The molecule has 2 aliphatic rings. The molecule has 3 rings (SSSR count). The molecule has 2 fully saturated rings. The lowest BCUT2D eigenvalue weighted by Gasteiger charge is -2.37.